The van der Waals surface area contributed by atoms with Crippen LogP contribution in [0.25, 0.3) is 22.0 Å². The minimum Gasteiger partial charge on any atom is -0.394 e. The molecule has 3 heterocycles. The number of aliphatic hydroxyl groups is 4. The number of pyridine rings is 2. The number of hydrogen-bond acceptors (Lipinski definition) is 9. The van der Waals surface area contributed by atoms with Crippen LogP contribution in [-0.4, -0.2) is 66.9 Å². The molecule has 4 N–H and O–H groups in total. The number of nitriles is 1. The lowest BCUT2D eigenvalue weighted by Crippen LogP contribution is -2.57. The maximum atomic E-state index is 10.6. The second-order valence-corrected chi connectivity index (χ2v) is 10.4. The van der Waals surface area contributed by atoms with Crippen molar-refractivity contribution in [1.82, 2.24) is 9.97 Å². The molecular formula is C27H29N3O5S. The minimum absolute atomic E-state index is 0.382. The topological polar surface area (TPSA) is 140 Å². The van der Waals surface area contributed by atoms with E-state index in [-0.39, 0.29) is 0 Å². The number of benzene rings is 1. The van der Waals surface area contributed by atoms with Gasteiger partial charge in [-0.1, -0.05) is 42.8 Å². The zero-order chi connectivity index (χ0) is 25.2. The summed E-state index contributed by atoms with van der Waals surface area (Å²) in [6, 6.07) is 12.1. The van der Waals surface area contributed by atoms with Crippen molar-refractivity contribution in [2.75, 3.05) is 6.61 Å². The highest BCUT2D eigenvalue weighted by Gasteiger charge is 2.44. The van der Waals surface area contributed by atoms with Crippen LogP contribution in [0.3, 0.4) is 0 Å². The highest BCUT2D eigenvalue weighted by Crippen LogP contribution is 2.42. The first-order valence-corrected chi connectivity index (χ1v) is 13.2. The molecular weight excluding hydrogens is 478 g/mol. The van der Waals surface area contributed by atoms with E-state index in [2.05, 4.69) is 11.1 Å². The summed E-state index contributed by atoms with van der Waals surface area (Å²) in [4.78, 5) is 9.40. The van der Waals surface area contributed by atoms with Crippen LogP contribution in [0.5, 0.6) is 0 Å². The smallest absolute Gasteiger partial charge is 0.138 e. The van der Waals surface area contributed by atoms with Crippen molar-refractivity contribution in [1.29, 1.82) is 5.26 Å². The Morgan fingerprint density at radius 2 is 1.78 bits per heavy atom. The Morgan fingerprint density at radius 1 is 1.00 bits per heavy atom. The van der Waals surface area contributed by atoms with Crippen LogP contribution in [0.2, 0.25) is 0 Å². The first-order valence-electron chi connectivity index (χ1n) is 12.3. The molecule has 2 aromatic heterocycles. The van der Waals surface area contributed by atoms with Gasteiger partial charge in [0.05, 0.1) is 17.7 Å². The first kappa shape index (κ1) is 25.1. The Hall–Kier alpha value is -2.58. The van der Waals surface area contributed by atoms with Gasteiger partial charge in [0.2, 0.25) is 0 Å². The van der Waals surface area contributed by atoms with Gasteiger partial charge in [0, 0.05) is 22.8 Å². The molecule has 3 aromatic rings. The van der Waals surface area contributed by atoms with Crippen molar-refractivity contribution in [2.24, 2.45) is 0 Å². The van der Waals surface area contributed by atoms with Crippen molar-refractivity contribution in [3.05, 3.63) is 53.3 Å². The van der Waals surface area contributed by atoms with E-state index >= 15 is 0 Å². The number of aliphatic hydroxyl groups excluding tert-OH is 4. The fourth-order valence-electron chi connectivity index (χ4n) is 5.15. The largest absolute Gasteiger partial charge is 0.394 e. The van der Waals surface area contributed by atoms with Crippen molar-refractivity contribution in [3.63, 3.8) is 0 Å². The third-order valence-corrected chi connectivity index (χ3v) is 8.19. The van der Waals surface area contributed by atoms with E-state index in [1.54, 1.807) is 6.20 Å². The first-order chi connectivity index (χ1) is 17.5. The third-order valence-electron chi connectivity index (χ3n) is 7.05. The summed E-state index contributed by atoms with van der Waals surface area (Å²) in [7, 11) is 0. The Morgan fingerprint density at radius 3 is 2.56 bits per heavy atom. The summed E-state index contributed by atoms with van der Waals surface area (Å²) < 4.78 is 5.73. The van der Waals surface area contributed by atoms with Gasteiger partial charge in [-0.25, -0.2) is 4.98 Å². The summed E-state index contributed by atoms with van der Waals surface area (Å²) in [5, 5.41) is 52.4. The summed E-state index contributed by atoms with van der Waals surface area (Å²) >= 11 is 1.04. The Balaban J connectivity index is 1.68. The van der Waals surface area contributed by atoms with Gasteiger partial charge < -0.3 is 25.2 Å². The van der Waals surface area contributed by atoms with Crippen LogP contribution >= 0.6 is 11.8 Å². The zero-order valence-electron chi connectivity index (χ0n) is 19.7. The Labute approximate surface area is 213 Å². The van der Waals surface area contributed by atoms with E-state index in [0.29, 0.717) is 10.6 Å². The molecule has 9 heteroatoms. The predicted molar refractivity (Wildman–Crippen MR) is 135 cm³/mol. The normalized spacial score (nSPS) is 26.6. The molecule has 5 rings (SSSR count). The van der Waals surface area contributed by atoms with Crippen molar-refractivity contribution < 1.29 is 25.2 Å². The maximum absolute atomic E-state index is 10.6. The number of para-hydroxylation sites is 1. The highest BCUT2D eigenvalue weighted by atomic mass is 32.2. The summed E-state index contributed by atoms with van der Waals surface area (Å²) in [6.07, 6.45) is 2.19. The number of aromatic nitrogens is 2. The molecule has 0 saturated carbocycles. The third kappa shape index (κ3) is 4.61. The highest BCUT2D eigenvalue weighted by molar-refractivity contribution is 7.99. The van der Waals surface area contributed by atoms with E-state index in [0.717, 1.165) is 83.6 Å². The quantitative estimate of drug-likeness (QED) is 0.420. The van der Waals surface area contributed by atoms with Gasteiger partial charge in [-0.2, -0.15) is 5.26 Å². The Kier molecular flexibility index (Phi) is 7.53. The maximum Gasteiger partial charge on any atom is 0.138 e. The van der Waals surface area contributed by atoms with Gasteiger partial charge in [0.15, 0.2) is 0 Å². The predicted octanol–water partition coefficient (Wildman–Crippen LogP) is 2.72. The lowest BCUT2D eigenvalue weighted by molar-refractivity contribution is -0.205. The molecule has 36 heavy (non-hydrogen) atoms. The number of nitrogens with zero attached hydrogens (tertiary/aromatic N) is 3. The van der Waals surface area contributed by atoms with E-state index in [1.807, 2.05) is 30.3 Å². The van der Waals surface area contributed by atoms with Gasteiger partial charge in [-0.05, 0) is 48.9 Å². The van der Waals surface area contributed by atoms with E-state index in [4.69, 9.17) is 9.72 Å². The monoisotopic (exact) mass is 507 g/mol. The number of aryl methyl sites for hydroxylation is 1. The SMILES string of the molecule is N#Cc1c(S[C@@H]2O[C@H](CO)[C@H](O)[C@H](O)[C@H]2O)nc2c(c1-c1ccnc3ccccc13)CCCCCC2. The molecule has 5 atom stereocenters. The van der Waals surface area contributed by atoms with Crippen molar-refractivity contribution in [3.8, 4) is 17.2 Å². The molecule has 0 spiro atoms. The van der Waals surface area contributed by atoms with Crippen LogP contribution < -0.4 is 0 Å². The van der Waals surface area contributed by atoms with E-state index in [9.17, 15) is 25.7 Å². The zero-order valence-corrected chi connectivity index (χ0v) is 20.6. The molecule has 1 aromatic carbocycles. The molecule has 1 aliphatic carbocycles. The summed E-state index contributed by atoms with van der Waals surface area (Å²) in [5.41, 5.74) is 3.93. The Bertz CT molecular complexity index is 1290. The summed E-state index contributed by atoms with van der Waals surface area (Å²) in [5.74, 6) is 0. The fourth-order valence-corrected chi connectivity index (χ4v) is 6.29. The minimum atomic E-state index is -1.49. The molecule has 8 nitrogen and oxygen atoms in total. The summed E-state index contributed by atoms with van der Waals surface area (Å²) in [6.45, 7) is -0.515. The van der Waals surface area contributed by atoms with Gasteiger partial charge in [-0.15, -0.1) is 0 Å². The molecule has 0 unspecified atom stereocenters. The standard InChI is InChI=1S/C27H29N3O5S/c28-13-18-22(16-11-12-29-19-9-6-5-7-15(16)19)17-8-3-1-2-4-10-20(17)30-26(18)36-27-25(34)24(33)23(32)21(14-31)35-27/h5-7,9,11-12,21,23-25,27,31-34H,1-4,8,10,14H2/t21-,23+,24+,25-,27+/m1/s1. The van der Waals surface area contributed by atoms with Gasteiger partial charge in [-0.3, -0.25) is 4.98 Å². The molecule has 1 fully saturated rings. The van der Waals surface area contributed by atoms with Crippen molar-refractivity contribution in [2.45, 2.75) is 73.4 Å². The second-order valence-electron chi connectivity index (χ2n) is 9.31. The van der Waals surface area contributed by atoms with Crippen LogP contribution in [-0.2, 0) is 17.6 Å². The van der Waals surface area contributed by atoms with Crippen LogP contribution in [0, 0.1) is 11.3 Å². The van der Waals surface area contributed by atoms with Gasteiger partial charge in [0.1, 0.15) is 40.9 Å². The van der Waals surface area contributed by atoms with Gasteiger partial charge >= 0.3 is 0 Å². The molecule has 0 amide bonds. The number of thioether (sulfide) groups is 1. The fraction of sp³-hybridized carbons (Fsp3) is 0.444. The lowest BCUT2D eigenvalue weighted by atomic mass is 9.87. The average molecular weight is 508 g/mol. The number of ether oxygens (including phenoxy) is 1. The van der Waals surface area contributed by atoms with E-state index < -0.39 is 36.5 Å². The number of fused-ring (bicyclic) bond motifs is 2. The number of rotatable bonds is 4. The average Bonchev–Trinajstić information content (AvgIpc) is 2.89. The van der Waals surface area contributed by atoms with E-state index in [1.165, 1.54) is 0 Å². The molecule has 188 valence electrons. The molecule has 1 saturated heterocycles. The number of hydrogen-bond donors (Lipinski definition) is 4. The second kappa shape index (κ2) is 10.8. The van der Waals surface area contributed by atoms with Crippen LogP contribution in [0.4, 0.5) is 0 Å². The van der Waals surface area contributed by atoms with Crippen LogP contribution in [0.15, 0.2) is 41.6 Å². The molecule has 0 radical (unpaired) electrons. The molecule has 1 aliphatic heterocycles. The molecule has 2 aliphatic rings. The molecule has 0 bridgehead atoms. The lowest BCUT2D eigenvalue weighted by Gasteiger charge is -2.39. The van der Waals surface area contributed by atoms with Crippen LogP contribution in [0.1, 0.15) is 42.5 Å². The van der Waals surface area contributed by atoms with Crippen molar-refractivity contribution >= 4 is 22.7 Å². The van der Waals surface area contributed by atoms with Gasteiger partial charge in [0.25, 0.3) is 0 Å².